The minimum atomic E-state index is -0.271. The summed E-state index contributed by atoms with van der Waals surface area (Å²) >= 11 is 8.49. The Labute approximate surface area is 228 Å². The lowest BCUT2D eigenvalue weighted by molar-refractivity contribution is 0.298. The number of rotatable bonds is 6. The topological polar surface area (TPSA) is 27.1 Å². The summed E-state index contributed by atoms with van der Waals surface area (Å²) < 4.78 is 8.87. The van der Waals surface area contributed by atoms with E-state index in [2.05, 4.69) is 97.1 Å². The van der Waals surface area contributed by atoms with E-state index in [0.29, 0.717) is 11.9 Å². The number of alkyl halides is 1. The minimum Gasteiger partial charge on any atom is -0.487 e. The van der Waals surface area contributed by atoms with Crippen LogP contribution in [0, 0.1) is 6.92 Å². The van der Waals surface area contributed by atoms with Gasteiger partial charge in [-0.25, -0.2) is 0 Å². The van der Waals surface area contributed by atoms with Gasteiger partial charge < -0.3 is 9.30 Å². The summed E-state index contributed by atoms with van der Waals surface area (Å²) in [5.41, 5.74) is 8.47. The van der Waals surface area contributed by atoms with Crippen molar-refractivity contribution in [2.45, 2.75) is 61.8 Å². The lowest BCUT2D eigenvalue weighted by atomic mass is 9.97. The van der Waals surface area contributed by atoms with Gasteiger partial charge in [-0.1, -0.05) is 61.5 Å². The van der Waals surface area contributed by atoms with Crippen molar-refractivity contribution >= 4 is 34.3 Å². The van der Waals surface area contributed by atoms with Gasteiger partial charge in [-0.2, -0.15) is 0 Å². The smallest absolute Gasteiger partial charge is 0.130 e. The number of hydrogen-bond acceptors (Lipinski definition) is 3. The second-order valence-corrected chi connectivity index (χ2v) is 12.7. The van der Waals surface area contributed by atoms with Gasteiger partial charge in [0.1, 0.15) is 12.4 Å². The van der Waals surface area contributed by atoms with Crippen LogP contribution in [-0.2, 0) is 19.6 Å². The van der Waals surface area contributed by atoms with Crippen LogP contribution in [0.3, 0.4) is 0 Å². The molecule has 0 saturated heterocycles. The molecule has 3 heterocycles. The fraction of sp³-hybridized carbons (Fsp3) is 0.281. The highest BCUT2D eigenvalue weighted by Gasteiger charge is 2.28. The van der Waals surface area contributed by atoms with Gasteiger partial charge in [0.25, 0.3) is 0 Å². The van der Waals surface area contributed by atoms with Crippen LogP contribution in [0.5, 0.6) is 5.75 Å². The zero-order valence-corrected chi connectivity index (χ0v) is 23.1. The quantitative estimate of drug-likeness (QED) is 0.236. The lowest BCUT2D eigenvalue weighted by Crippen LogP contribution is -2.15. The van der Waals surface area contributed by atoms with Crippen LogP contribution < -0.4 is 4.74 Å². The van der Waals surface area contributed by atoms with Crippen molar-refractivity contribution in [1.82, 2.24) is 9.55 Å². The molecule has 6 rings (SSSR count). The number of ether oxygens (including phenoxy) is 1. The first kappa shape index (κ1) is 24.4. The molecule has 1 aliphatic heterocycles. The van der Waals surface area contributed by atoms with Gasteiger partial charge in [-0.15, -0.1) is 23.4 Å². The summed E-state index contributed by atoms with van der Waals surface area (Å²) in [5, 5.41) is 1.86. The molecule has 2 aliphatic rings. The number of thioether (sulfide) groups is 1. The van der Waals surface area contributed by atoms with E-state index in [4.69, 9.17) is 16.3 Å². The molecule has 0 saturated carbocycles. The maximum atomic E-state index is 6.51. The molecule has 188 valence electrons. The van der Waals surface area contributed by atoms with Crippen LogP contribution >= 0.6 is 23.4 Å². The molecule has 37 heavy (non-hydrogen) atoms. The molecule has 0 radical (unpaired) electrons. The summed E-state index contributed by atoms with van der Waals surface area (Å²) in [5.74, 6) is 0.974. The lowest BCUT2D eigenvalue weighted by Gasteiger charge is -2.21. The Bertz CT molecular complexity index is 1520. The van der Waals surface area contributed by atoms with Gasteiger partial charge in [0.2, 0.25) is 0 Å². The largest absolute Gasteiger partial charge is 0.487 e. The zero-order valence-electron chi connectivity index (χ0n) is 21.5. The molecular weight excluding hydrogens is 496 g/mol. The molecule has 4 aromatic rings. The summed E-state index contributed by atoms with van der Waals surface area (Å²) in [7, 11) is 0. The summed E-state index contributed by atoms with van der Waals surface area (Å²) in [6, 6.07) is 18.9. The molecule has 0 fully saturated rings. The number of nitrogens with zero attached hydrogens (tertiary/aromatic N) is 2. The van der Waals surface area contributed by atoms with Gasteiger partial charge in [-0.3, -0.25) is 4.98 Å². The second kappa shape index (κ2) is 9.74. The Morgan fingerprint density at radius 2 is 1.95 bits per heavy atom. The molecule has 1 aliphatic carbocycles. The molecule has 3 nitrogen and oxygen atoms in total. The highest BCUT2D eigenvalue weighted by atomic mass is 35.5. The third kappa shape index (κ3) is 4.85. The number of aromatic nitrogens is 2. The zero-order chi connectivity index (χ0) is 25.6. The van der Waals surface area contributed by atoms with E-state index < -0.39 is 0 Å². The van der Waals surface area contributed by atoms with Crippen molar-refractivity contribution < 1.29 is 4.74 Å². The Morgan fingerprint density at radius 3 is 2.68 bits per heavy atom. The highest BCUT2D eigenvalue weighted by Crippen LogP contribution is 2.46. The first-order chi connectivity index (χ1) is 17.9. The van der Waals surface area contributed by atoms with Crippen LogP contribution in [0.4, 0.5) is 0 Å². The van der Waals surface area contributed by atoms with E-state index in [1.54, 1.807) is 0 Å². The van der Waals surface area contributed by atoms with E-state index in [0.717, 1.165) is 36.4 Å². The van der Waals surface area contributed by atoms with Crippen LogP contribution in [0.2, 0.25) is 0 Å². The van der Waals surface area contributed by atoms with Crippen molar-refractivity contribution in [3.8, 4) is 16.9 Å². The number of pyridine rings is 1. The van der Waals surface area contributed by atoms with Crippen molar-refractivity contribution in [1.29, 1.82) is 0 Å². The van der Waals surface area contributed by atoms with Gasteiger partial charge in [0, 0.05) is 45.1 Å². The number of allylic oxidation sites excluding steroid dienone is 4. The van der Waals surface area contributed by atoms with Crippen molar-refractivity contribution in [3.63, 3.8) is 0 Å². The van der Waals surface area contributed by atoms with Gasteiger partial charge >= 0.3 is 0 Å². The summed E-state index contributed by atoms with van der Waals surface area (Å²) in [6.07, 6.45) is 10.4. The second-order valence-electron chi connectivity index (χ2n) is 10.4. The summed E-state index contributed by atoms with van der Waals surface area (Å²) in [4.78, 5) is 5.79. The van der Waals surface area contributed by atoms with E-state index in [9.17, 15) is 0 Å². The Hall–Kier alpha value is -2.95. The van der Waals surface area contributed by atoms with Gasteiger partial charge in [0.05, 0.1) is 16.1 Å². The Morgan fingerprint density at radius 1 is 1.11 bits per heavy atom. The highest BCUT2D eigenvalue weighted by molar-refractivity contribution is 8.00. The van der Waals surface area contributed by atoms with Gasteiger partial charge in [0.15, 0.2) is 0 Å². The minimum absolute atomic E-state index is 0.271. The molecule has 0 N–H and O–H groups in total. The van der Waals surface area contributed by atoms with Crippen molar-refractivity contribution in [2.24, 2.45) is 0 Å². The van der Waals surface area contributed by atoms with Crippen molar-refractivity contribution in [2.75, 3.05) is 0 Å². The predicted molar refractivity (Wildman–Crippen MR) is 156 cm³/mol. The van der Waals surface area contributed by atoms with E-state index in [1.807, 2.05) is 24.0 Å². The van der Waals surface area contributed by atoms with Crippen molar-refractivity contribution in [3.05, 3.63) is 102 Å². The number of benzene rings is 2. The fourth-order valence-electron chi connectivity index (χ4n) is 5.31. The standard InChI is InChI=1S/C32H31ClN2OS/c1-21-17-27-29(36-20-26-10-9-25(18-34-26)24-7-5-4-6-8-24)12-11-28-30(27)31(37-21)22(2)35(28)19-23-13-15-32(3,33)16-14-23/h4-15,18,21H,16-17,19-20H2,1-3H3. The maximum absolute atomic E-state index is 6.51. The monoisotopic (exact) mass is 526 g/mol. The molecule has 5 heteroatoms. The van der Waals surface area contributed by atoms with Crippen LogP contribution in [0.15, 0.2) is 89.5 Å². The average Bonchev–Trinajstić information content (AvgIpc) is 3.17. The fourth-order valence-corrected chi connectivity index (χ4v) is 6.72. The SMILES string of the molecule is Cc1c2c3c(c(OCc4ccc(-c5ccccc5)cn4)ccc3n1CC1=CCC(C)(Cl)C=C1)CC(C)S2. The molecule has 0 bridgehead atoms. The summed E-state index contributed by atoms with van der Waals surface area (Å²) in [6.45, 7) is 7.94. The van der Waals surface area contributed by atoms with Gasteiger partial charge in [-0.05, 0) is 56.0 Å². The maximum Gasteiger partial charge on any atom is 0.130 e. The van der Waals surface area contributed by atoms with Crippen LogP contribution in [0.25, 0.3) is 22.0 Å². The first-order valence-electron chi connectivity index (χ1n) is 12.9. The molecule has 0 spiro atoms. The molecule has 2 unspecified atom stereocenters. The molecule has 2 aromatic heterocycles. The molecule has 2 aromatic carbocycles. The predicted octanol–water partition coefficient (Wildman–Crippen LogP) is 8.51. The molecular formula is C32H31ClN2OS. The van der Waals surface area contributed by atoms with Crippen LogP contribution in [-0.4, -0.2) is 19.7 Å². The molecule has 2 atom stereocenters. The normalized spacial score (nSPS) is 20.8. The average molecular weight is 527 g/mol. The number of hydrogen-bond donors (Lipinski definition) is 0. The van der Waals surface area contributed by atoms with E-state index in [1.165, 1.54) is 38.2 Å². The third-order valence-electron chi connectivity index (χ3n) is 7.37. The Balaban J connectivity index is 1.27. The third-order valence-corrected chi connectivity index (χ3v) is 8.95. The van der Waals surface area contributed by atoms with E-state index >= 15 is 0 Å². The number of halogens is 1. The molecule has 0 amide bonds. The van der Waals surface area contributed by atoms with E-state index in [-0.39, 0.29) is 4.87 Å². The van der Waals surface area contributed by atoms with Crippen LogP contribution in [0.1, 0.15) is 37.2 Å². The Kier molecular flexibility index (Phi) is 6.42. The first-order valence-corrected chi connectivity index (χ1v) is 14.2.